The number of nitrogens with zero attached hydrogens (tertiary/aromatic N) is 3. The maximum Gasteiger partial charge on any atom is 0.573 e. The van der Waals surface area contributed by atoms with E-state index in [1.165, 1.54) is 36.2 Å². The normalized spacial score (nSPS) is 14.7. The van der Waals surface area contributed by atoms with Gasteiger partial charge in [0.25, 0.3) is 0 Å². The van der Waals surface area contributed by atoms with Crippen LogP contribution in [0.3, 0.4) is 0 Å². The predicted molar refractivity (Wildman–Crippen MR) is 172 cm³/mol. The fraction of sp³-hybridized carbons (Fsp3) is 0.312. The number of urea groups is 1. The molecule has 1 saturated heterocycles. The lowest BCUT2D eigenvalue weighted by molar-refractivity contribution is -0.274. The number of nitrogens with one attached hydrogen (secondary N) is 3. The number of carbonyl (C=O) groups excluding carboxylic acids is 1. The van der Waals surface area contributed by atoms with Crippen molar-refractivity contribution >= 4 is 46.5 Å². The summed E-state index contributed by atoms with van der Waals surface area (Å²) in [5.41, 5.74) is 4.22. The fourth-order valence-electron chi connectivity index (χ4n) is 4.63. The van der Waals surface area contributed by atoms with Gasteiger partial charge < -0.3 is 20.3 Å². The van der Waals surface area contributed by atoms with Gasteiger partial charge in [0.15, 0.2) is 11.0 Å². The van der Waals surface area contributed by atoms with E-state index in [0.29, 0.717) is 29.4 Å². The Balaban J connectivity index is 1.26. The Morgan fingerprint density at radius 3 is 2.45 bits per heavy atom. The number of anilines is 2. The van der Waals surface area contributed by atoms with Gasteiger partial charge in [0.2, 0.25) is 0 Å². The number of ether oxygens (including phenoxy) is 1. The molecule has 1 fully saturated rings. The molecule has 0 unspecified atom stereocenters. The molecular formula is C32H35F3N6O2S. The molecule has 0 atom stereocenters. The van der Waals surface area contributed by atoms with Crippen LogP contribution in [0.15, 0.2) is 82.8 Å². The second-order valence-corrected chi connectivity index (χ2v) is 12.0. The summed E-state index contributed by atoms with van der Waals surface area (Å²) < 4.78 is 40.7. The number of aryl methyl sites for hydroxylation is 1. The first-order valence-corrected chi connectivity index (χ1v) is 15.1. The highest BCUT2D eigenvalue weighted by atomic mass is 32.2. The number of carbonyl (C=O) groups is 1. The molecule has 0 aliphatic carbocycles. The Morgan fingerprint density at radius 1 is 1.07 bits per heavy atom. The molecule has 3 aromatic rings. The van der Waals surface area contributed by atoms with Crippen molar-refractivity contribution in [2.75, 3.05) is 29.1 Å². The van der Waals surface area contributed by atoms with E-state index in [-0.39, 0.29) is 23.0 Å². The van der Waals surface area contributed by atoms with E-state index in [0.717, 1.165) is 30.0 Å². The molecule has 1 aliphatic rings. The van der Waals surface area contributed by atoms with Crippen molar-refractivity contribution in [3.8, 4) is 5.75 Å². The van der Waals surface area contributed by atoms with Crippen LogP contribution in [0, 0.1) is 10.8 Å². The summed E-state index contributed by atoms with van der Waals surface area (Å²) in [4.78, 5) is 23.3. The van der Waals surface area contributed by atoms with Gasteiger partial charge in [-0.15, -0.1) is 13.2 Å². The third-order valence-corrected chi connectivity index (χ3v) is 7.74. The van der Waals surface area contributed by atoms with Crippen LogP contribution in [0.5, 0.6) is 5.75 Å². The highest BCUT2D eigenvalue weighted by molar-refractivity contribution is 8.14. The van der Waals surface area contributed by atoms with Gasteiger partial charge in [-0.2, -0.15) is 4.99 Å². The van der Waals surface area contributed by atoms with E-state index in [9.17, 15) is 18.0 Å². The van der Waals surface area contributed by atoms with Crippen LogP contribution in [0.1, 0.15) is 37.5 Å². The van der Waals surface area contributed by atoms with Crippen molar-refractivity contribution in [2.24, 2.45) is 15.4 Å². The van der Waals surface area contributed by atoms with E-state index in [1.54, 1.807) is 23.9 Å². The second-order valence-electron chi connectivity index (χ2n) is 10.9. The van der Waals surface area contributed by atoms with Crippen LogP contribution in [0.25, 0.3) is 0 Å². The number of para-hydroxylation sites is 1. The molecule has 3 aromatic carbocycles. The first-order chi connectivity index (χ1) is 20.9. The zero-order valence-electron chi connectivity index (χ0n) is 24.7. The van der Waals surface area contributed by atoms with Crippen LogP contribution >= 0.6 is 11.8 Å². The van der Waals surface area contributed by atoms with Gasteiger partial charge in [-0.1, -0.05) is 75.0 Å². The van der Waals surface area contributed by atoms with Crippen molar-refractivity contribution < 1.29 is 22.7 Å². The third-order valence-electron chi connectivity index (χ3n) is 6.78. The first kappa shape index (κ1) is 32.6. The summed E-state index contributed by atoms with van der Waals surface area (Å²) in [6.07, 6.45) is -1.85. The minimum Gasteiger partial charge on any atom is -0.406 e. The molecule has 1 aliphatic heterocycles. The molecule has 0 spiro atoms. The van der Waals surface area contributed by atoms with Crippen LogP contribution in [0.2, 0.25) is 0 Å². The Morgan fingerprint density at radius 2 is 1.77 bits per heavy atom. The summed E-state index contributed by atoms with van der Waals surface area (Å²) in [5.74, 6) is 0.575. The molecule has 3 N–H and O–H groups in total. The van der Waals surface area contributed by atoms with Gasteiger partial charge in [-0.05, 0) is 59.7 Å². The predicted octanol–water partition coefficient (Wildman–Crippen LogP) is 7.50. The summed E-state index contributed by atoms with van der Waals surface area (Å²) in [6.45, 7) is 7.51. The summed E-state index contributed by atoms with van der Waals surface area (Å²) in [6, 6.07) is 20.5. The lowest BCUT2D eigenvalue weighted by Crippen LogP contribution is -2.35. The van der Waals surface area contributed by atoms with Gasteiger partial charge >= 0.3 is 12.4 Å². The van der Waals surface area contributed by atoms with E-state index in [2.05, 4.69) is 63.2 Å². The van der Waals surface area contributed by atoms with Crippen molar-refractivity contribution in [3.63, 3.8) is 0 Å². The number of rotatable bonds is 10. The number of benzene rings is 3. The lowest BCUT2D eigenvalue weighted by atomic mass is 9.85. The molecule has 4 rings (SSSR count). The maximum atomic E-state index is 12.8. The summed E-state index contributed by atoms with van der Waals surface area (Å²) in [5, 5.41) is 14.7. The standard InChI is InChI=1S/C32H35F3N6O2S/c1-4-23-7-5-6-8-27(23)41-17-18-44-30(41)40-29(42)37-20-31(2,3)19-22-9-11-24(12-10-22)28(36)39-21-38-25-13-15-26(16-14-25)43-32(33,34)35/h5-16,21H,4,17-20H2,1-3H3,(H,37,42)(H2,36,38,39)/b40-30-. The van der Waals surface area contributed by atoms with Crippen LogP contribution < -0.4 is 20.3 Å². The SMILES string of the molecule is CCc1ccccc1N1CCS/C1=N\C(=O)NCC(C)(C)Cc1ccc(C(=N)/N=C\Nc2ccc(OC(F)(F)F)cc2)cc1. The van der Waals surface area contributed by atoms with Crippen molar-refractivity contribution in [1.82, 2.24) is 5.32 Å². The maximum absolute atomic E-state index is 12.8. The quantitative estimate of drug-likeness (QED) is 0.160. The topological polar surface area (TPSA) is 102 Å². The lowest BCUT2D eigenvalue weighted by Gasteiger charge is -2.25. The van der Waals surface area contributed by atoms with E-state index >= 15 is 0 Å². The Bertz CT molecular complexity index is 1510. The first-order valence-electron chi connectivity index (χ1n) is 14.1. The molecule has 44 heavy (non-hydrogen) atoms. The zero-order chi connectivity index (χ0) is 31.7. The van der Waals surface area contributed by atoms with Crippen LogP contribution in [0.4, 0.5) is 29.3 Å². The van der Waals surface area contributed by atoms with Crippen LogP contribution in [-0.4, -0.2) is 48.6 Å². The van der Waals surface area contributed by atoms with E-state index in [4.69, 9.17) is 5.41 Å². The molecule has 0 radical (unpaired) electrons. The Kier molecular flexibility index (Phi) is 10.7. The minimum atomic E-state index is -4.75. The number of amidine groups is 2. The molecule has 232 valence electrons. The molecule has 0 saturated carbocycles. The van der Waals surface area contributed by atoms with Crippen LogP contribution in [-0.2, 0) is 12.8 Å². The zero-order valence-corrected chi connectivity index (χ0v) is 25.6. The highest BCUT2D eigenvalue weighted by Crippen LogP contribution is 2.29. The van der Waals surface area contributed by atoms with Crippen molar-refractivity contribution in [3.05, 3.63) is 89.5 Å². The average molecular weight is 625 g/mol. The number of aliphatic imine (C=N–C) groups is 2. The molecule has 12 heteroatoms. The van der Waals surface area contributed by atoms with Crippen molar-refractivity contribution in [1.29, 1.82) is 5.41 Å². The summed E-state index contributed by atoms with van der Waals surface area (Å²) in [7, 11) is 0. The number of thioether (sulfide) groups is 1. The molecule has 0 aromatic heterocycles. The Labute approximate surface area is 259 Å². The largest absolute Gasteiger partial charge is 0.573 e. The van der Waals surface area contributed by atoms with Gasteiger partial charge in [0.05, 0.1) is 6.34 Å². The minimum absolute atomic E-state index is 0.0205. The van der Waals surface area contributed by atoms with Gasteiger partial charge in [0, 0.05) is 35.8 Å². The third kappa shape index (κ3) is 9.60. The second kappa shape index (κ2) is 14.4. The molecule has 0 bridgehead atoms. The Hall–Kier alpha value is -4.32. The smallest absolute Gasteiger partial charge is 0.406 e. The van der Waals surface area contributed by atoms with E-state index in [1.807, 2.05) is 24.3 Å². The molecule has 1 heterocycles. The number of hydrogen-bond acceptors (Lipinski definition) is 4. The monoisotopic (exact) mass is 624 g/mol. The summed E-state index contributed by atoms with van der Waals surface area (Å²) >= 11 is 1.58. The van der Waals surface area contributed by atoms with Gasteiger partial charge in [-0.25, -0.2) is 9.79 Å². The molecule has 8 nitrogen and oxygen atoms in total. The number of alkyl halides is 3. The highest BCUT2D eigenvalue weighted by Gasteiger charge is 2.31. The number of hydrogen-bond donors (Lipinski definition) is 3. The number of halogens is 3. The number of amides is 2. The fourth-order valence-corrected chi connectivity index (χ4v) is 5.58. The van der Waals surface area contributed by atoms with E-state index < -0.39 is 6.36 Å². The van der Waals surface area contributed by atoms with Crippen molar-refractivity contribution in [2.45, 2.75) is 40.0 Å². The molecule has 2 amide bonds. The van der Waals surface area contributed by atoms with Gasteiger partial charge in [-0.3, -0.25) is 5.41 Å². The molecular weight excluding hydrogens is 589 g/mol. The van der Waals surface area contributed by atoms with Gasteiger partial charge in [0.1, 0.15) is 5.75 Å². The average Bonchev–Trinajstić information content (AvgIpc) is 3.44.